The molecule has 5 nitrogen and oxygen atoms in total. The Kier molecular flexibility index (Phi) is 7.06. The second-order valence-electron chi connectivity index (χ2n) is 6.84. The molecule has 0 radical (unpaired) electrons. The average molecular weight is 332 g/mol. The summed E-state index contributed by atoms with van der Waals surface area (Å²) in [5.74, 6) is 0.904. The van der Waals surface area contributed by atoms with Crippen LogP contribution in [0.3, 0.4) is 0 Å². The molecule has 5 heteroatoms. The number of benzene rings is 1. The summed E-state index contributed by atoms with van der Waals surface area (Å²) in [5.41, 5.74) is 2.59. The Hall–Kier alpha value is -1.59. The van der Waals surface area contributed by atoms with Crippen molar-refractivity contribution in [3.8, 4) is 0 Å². The maximum absolute atomic E-state index is 9.77. The smallest absolute Gasteiger partial charge is 0.194 e. The number of rotatable bonds is 6. The number of aliphatic imine (C=N–C) groups is 1. The molecule has 2 N–H and O–H groups in total. The Labute approximate surface area is 146 Å². The molecule has 1 heterocycles. The third kappa shape index (κ3) is 5.21. The molecule has 1 aromatic carbocycles. The maximum Gasteiger partial charge on any atom is 0.194 e. The summed E-state index contributed by atoms with van der Waals surface area (Å²) in [7, 11) is 2.15. The van der Waals surface area contributed by atoms with E-state index in [0.717, 1.165) is 32.0 Å². The third-order valence-electron chi connectivity index (χ3n) is 4.62. The van der Waals surface area contributed by atoms with Gasteiger partial charge < -0.3 is 15.3 Å². The molecule has 1 aromatic rings. The molecular weight excluding hydrogens is 300 g/mol. The molecule has 0 saturated carbocycles. The predicted molar refractivity (Wildman–Crippen MR) is 100 cm³/mol. The monoisotopic (exact) mass is 332 g/mol. The van der Waals surface area contributed by atoms with Crippen LogP contribution in [0.15, 0.2) is 29.3 Å². The number of β-amino-alcohol motifs (C(OH)–C–C–N with tert-alkyl or cyclic N) is 1. The third-order valence-corrected chi connectivity index (χ3v) is 4.62. The molecule has 24 heavy (non-hydrogen) atoms. The Morgan fingerprint density at radius 2 is 2.08 bits per heavy atom. The molecule has 1 atom stereocenters. The fourth-order valence-corrected chi connectivity index (χ4v) is 2.84. The van der Waals surface area contributed by atoms with E-state index in [9.17, 15) is 5.11 Å². The summed E-state index contributed by atoms with van der Waals surface area (Å²) in [6.07, 6.45) is 0.584. The van der Waals surface area contributed by atoms with Gasteiger partial charge in [0.05, 0.1) is 12.6 Å². The van der Waals surface area contributed by atoms with Gasteiger partial charge in [0.1, 0.15) is 0 Å². The fraction of sp³-hybridized carbons (Fsp3) is 0.632. The highest BCUT2D eigenvalue weighted by Crippen LogP contribution is 2.15. The highest BCUT2D eigenvalue weighted by molar-refractivity contribution is 5.80. The molecule has 0 spiro atoms. The normalized spacial score (nSPS) is 18.7. The van der Waals surface area contributed by atoms with Gasteiger partial charge in [-0.05, 0) is 45.4 Å². The van der Waals surface area contributed by atoms with Crippen molar-refractivity contribution in [3.63, 3.8) is 0 Å². The Bertz CT molecular complexity index is 544. The van der Waals surface area contributed by atoms with Gasteiger partial charge in [-0.15, -0.1) is 0 Å². The van der Waals surface area contributed by atoms with Crippen LogP contribution in [-0.4, -0.2) is 59.7 Å². The van der Waals surface area contributed by atoms with Crippen LogP contribution in [0.5, 0.6) is 0 Å². The van der Waals surface area contributed by atoms with Gasteiger partial charge >= 0.3 is 0 Å². The zero-order chi connectivity index (χ0) is 17.5. The number of nitrogens with one attached hydrogen (secondary N) is 1. The second-order valence-corrected chi connectivity index (χ2v) is 6.84. The minimum absolute atomic E-state index is 0.235. The van der Waals surface area contributed by atoms with Crippen molar-refractivity contribution in [2.75, 3.05) is 26.7 Å². The molecular formula is C19H32N4O. The van der Waals surface area contributed by atoms with Crippen molar-refractivity contribution in [2.45, 2.75) is 52.4 Å². The van der Waals surface area contributed by atoms with E-state index in [0.29, 0.717) is 19.1 Å². The first-order valence-corrected chi connectivity index (χ1v) is 8.99. The number of hydrogen-bond donors (Lipinski definition) is 2. The van der Waals surface area contributed by atoms with E-state index in [1.165, 1.54) is 11.1 Å². The van der Waals surface area contributed by atoms with E-state index in [-0.39, 0.29) is 6.10 Å². The zero-order valence-electron chi connectivity index (χ0n) is 15.5. The Balaban J connectivity index is 2.10. The van der Waals surface area contributed by atoms with Crippen molar-refractivity contribution in [2.24, 2.45) is 4.99 Å². The van der Waals surface area contributed by atoms with Gasteiger partial charge in [0.25, 0.3) is 0 Å². The van der Waals surface area contributed by atoms with Gasteiger partial charge in [0, 0.05) is 32.2 Å². The largest absolute Gasteiger partial charge is 0.391 e. The topological polar surface area (TPSA) is 51.1 Å². The maximum atomic E-state index is 9.77. The number of likely N-dealkylation sites (tertiary alicyclic amines) is 1. The van der Waals surface area contributed by atoms with E-state index < -0.39 is 0 Å². The standard InChI is InChI=1S/C19H32N4O/c1-5-20-19(23-11-10-18(24)14-23)21-12-16-8-6-7-9-17(16)13-22(4)15(2)3/h6-9,15,18,24H,5,10-14H2,1-4H3,(H,20,21)/t18-/m1/s1. The molecule has 0 aliphatic carbocycles. The van der Waals surface area contributed by atoms with Crippen molar-refractivity contribution in [1.29, 1.82) is 0 Å². The lowest BCUT2D eigenvalue weighted by Crippen LogP contribution is -2.40. The van der Waals surface area contributed by atoms with Gasteiger partial charge in [0.15, 0.2) is 5.96 Å². The molecule has 1 fully saturated rings. The number of nitrogens with zero attached hydrogens (tertiary/aromatic N) is 3. The Morgan fingerprint density at radius 3 is 2.67 bits per heavy atom. The zero-order valence-corrected chi connectivity index (χ0v) is 15.5. The van der Waals surface area contributed by atoms with Gasteiger partial charge in [0.2, 0.25) is 0 Å². The second kappa shape index (κ2) is 9.04. The SMILES string of the molecule is CCNC(=NCc1ccccc1CN(C)C(C)C)N1CC[C@@H](O)C1. The first kappa shape index (κ1) is 18.7. The first-order valence-electron chi connectivity index (χ1n) is 8.99. The van der Waals surface area contributed by atoms with Gasteiger partial charge in [-0.1, -0.05) is 24.3 Å². The highest BCUT2D eigenvalue weighted by atomic mass is 16.3. The highest BCUT2D eigenvalue weighted by Gasteiger charge is 2.22. The van der Waals surface area contributed by atoms with Gasteiger partial charge in [-0.3, -0.25) is 4.90 Å². The molecule has 0 bridgehead atoms. The Morgan fingerprint density at radius 1 is 1.38 bits per heavy atom. The minimum Gasteiger partial charge on any atom is -0.391 e. The lowest BCUT2D eigenvalue weighted by molar-refractivity contribution is 0.188. The van der Waals surface area contributed by atoms with Gasteiger partial charge in [-0.2, -0.15) is 0 Å². The lowest BCUT2D eigenvalue weighted by Gasteiger charge is -2.23. The molecule has 1 aliphatic heterocycles. The van der Waals surface area contributed by atoms with Crippen LogP contribution in [0, 0.1) is 0 Å². The summed E-state index contributed by atoms with van der Waals surface area (Å²) >= 11 is 0. The van der Waals surface area contributed by atoms with Crippen LogP contribution in [0.1, 0.15) is 38.3 Å². The number of aliphatic hydroxyl groups excluding tert-OH is 1. The van der Waals surface area contributed by atoms with Crippen molar-refractivity contribution >= 4 is 5.96 Å². The summed E-state index contributed by atoms with van der Waals surface area (Å²) in [5, 5.41) is 13.1. The lowest BCUT2D eigenvalue weighted by atomic mass is 10.1. The molecule has 1 saturated heterocycles. The quantitative estimate of drug-likeness (QED) is 0.618. The van der Waals surface area contributed by atoms with E-state index >= 15 is 0 Å². The van der Waals surface area contributed by atoms with E-state index in [1.54, 1.807) is 0 Å². The average Bonchev–Trinajstić information content (AvgIpc) is 2.99. The van der Waals surface area contributed by atoms with Crippen LogP contribution in [0.25, 0.3) is 0 Å². The van der Waals surface area contributed by atoms with Crippen molar-refractivity contribution in [3.05, 3.63) is 35.4 Å². The summed E-state index contributed by atoms with van der Waals surface area (Å²) in [6, 6.07) is 9.05. The predicted octanol–water partition coefficient (Wildman–Crippen LogP) is 2.06. The first-order chi connectivity index (χ1) is 11.5. The molecule has 0 unspecified atom stereocenters. The van der Waals surface area contributed by atoms with E-state index in [1.807, 2.05) is 0 Å². The van der Waals surface area contributed by atoms with E-state index in [4.69, 9.17) is 4.99 Å². The number of aliphatic hydroxyl groups is 1. The van der Waals surface area contributed by atoms with Crippen LogP contribution in [0.2, 0.25) is 0 Å². The fourth-order valence-electron chi connectivity index (χ4n) is 2.84. The van der Waals surface area contributed by atoms with Crippen molar-refractivity contribution in [1.82, 2.24) is 15.1 Å². The van der Waals surface area contributed by atoms with Crippen LogP contribution in [0.4, 0.5) is 0 Å². The molecule has 2 rings (SSSR count). The van der Waals surface area contributed by atoms with Crippen LogP contribution >= 0.6 is 0 Å². The van der Waals surface area contributed by atoms with E-state index in [2.05, 4.69) is 67.2 Å². The molecule has 134 valence electrons. The van der Waals surface area contributed by atoms with Gasteiger partial charge in [-0.25, -0.2) is 4.99 Å². The minimum atomic E-state index is -0.235. The number of guanidine groups is 1. The van der Waals surface area contributed by atoms with Crippen molar-refractivity contribution < 1.29 is 5.11 Å². The number of hydrogen-bond acceptors (Lipinski definition) is 3. The molecule has 0 amide bonds. The summed E-state index contributed by atoms with van der Waals surface area (Å²) < 4.78 is 0. The molecule has 0 aromatic heterocycles. The summed E-state index contributed by atoms with van der Waals surface area (Å²) in [4.78, 5) is 9.30. The van der Waals surface area contributed by atoms with Crippen LogP contribution in [-0.2, 0) is 13.1 Å². The van der Waals surface area contributed by atoms with Crippen LogP contribution < -0.4 is 5.32 Å². The molecule has 1 aliphatic rings. The summed E-state index contributed by atoms with van der Waals surface area (Å²) in [6.45, 7) is 10.5.